The first-order chi connectivity index (χ1) is 9.61. The van der Waals surface area contributed by atoms with Gasteiger partial charge < -0.3 is 10.2 Å². The van der Waals surface area contributed by atoms with E-state index in [1.807, 2.05) is 24.0 Å². The fourth-order valence-electron chi connectivity index (χ4n) is 2.70. The van der Waals surface area contributed by atoms with Gasteiger partial charge in [0.1, 0.15) is 5.82 Å². The number of amides is 1. The molecule has 1 atom stereocenters. The summed E-state index contributed by atoms with van der Waals surface area (Å²) in [5, 5.41) is 3.26. The Morgan fingerprint density at radius 3 is 2.95 bits per heavy atom. The quantitative estimate of drug-likeness (QED) is 0.917. The van der Waals surface area contributed by atoms with Crippen LogP contribution in [0.3, 0.4) is 0 Å². The molecule has 1 aliphatic rings. The first-order valence-electron chi connectivity index (χ1n) is 7.65. The van der Waals surface area contributed by atoms with E-state index in [2.05, 4.69) is 24.1 Å². The summed E-state index contributed by atoms with van der Waals surface area (Å²) in [5.74, 6) is 0.946. The summed E-state index contributed by atoms with van der Waals surface area (Å²) in [7, 11) is 0. The highest BCUT2D eigenvalue weighted by Gasteiger charge is 2.24. The third-order valence-corrected chi connectivity index (χ3v) is 3.82. The lowest BCUT2D eigenvalue weighted by atomic mass is 10.0. The molecule has 0 spiro atoms. The van der Waals surface area contributed by atoms with Gasteiger partial charge in [-0.3, -0.25) is 4.79 Å². The predicted octanol–water partition coefficient (Wildman–Crippen LogP) is 3.23. The van der Waals surface area contributed by atoms with Crippen LogP contribution in [0, 0.1) is 6.92 Å². The smallest absolute Gasteiger partial charge is 0.254 e. The Kier molecular flexibility index (Phi) is 4.99. The second kappa shape index (κ2) is 6.73. The van der Waals surface area contributed by atoms with Gasteiger partial charge in [-0.2, -0.15) is 0 Å². The highest BCUT2D eigenvalue weighted by atomic mass is 16.2. The van der Waals surface area contributed by atoms with Crippen LogP contribution in [0.1, 0.15) is 55.6 Å². The Morgan fingerprint density at radius 2 is 2.25 bits per heavy atom. The Labute approximate surface area is 121 Å². The molecular weight excluding hydrogens is 250 g/mol. The molecule has 0 aliphatic carbocycles. The van der Waals surface area contributed by atoms with Crippen molar-refractivity contribution in [3.63, 3.8) is 0 Å². The van der Waals surface area contributed by atoms with E-state index in [1.165, 1.54) is 6.42 Å². The zero-order valence-electron chi connectivity index (χ0n) is 12.8. The minimum absolute atomic E-state index is 0.141. The molecule has 0 saturated carbocycles. The number of nitrogens with zero attached hydrogens (tertiary/aromatic N) is 2. The van der Waals surface area contributed by atoms with E-state index in [9.17, 15) is 4.79 Å². The number of piperidine rings is 1. The third-order valence-electron chi connectivity index (χ3n) is 3.82. The van der Waals surface area contributed by atoms with Crippen LogP contribution in [0.5, 0.6) is 0 Å². The second-order valence-corrected chi connectivity index (χ2v) is 5.65. The molecule has 1 amide bonds. The molecule has 1 saturated heterocycles. The lowest BCUT2D eigenvalue weighted by molar-refractivity contribution is 0.0635. The van der Waals surface area contributed by atoms with Crippen molar-refractivity contribution in [3.8, 4) is 0 Å². The molecule has 4 nitrogen and oxygen atoms in total. The van der Waals surface area contributed by atoms with E-state index in [1.54, 1.807) is 0 Å². The maximum absolute atomic E-state index is 12.7. The number of aromatic nitrogens is 1. The lowest BCUT2D eigenvalue weighted by Crippen LogP contribution is -2.42. The molecule has 1 aliphatic heterocycles. The predicted molar refractivity (Wildman–Crippen MR) is 82.1 cm³/mol. The van der Waals surface area contributed by atoms with Crippen LogP contribution in [0.25, 0.3) is 0 Å². The fraction of sp³-hybridized carbons (Fsp3) is 0.625. The van der Waals surface area contributed by atoms with Gasteiger partial charge >= 0.3 is 0 Å². The maximum Gasteiger partial charge on any atom is 0.254 e. The molecule has 0 bridgehead atoms. The van der Waals surface area contributed by atoms with Crippen molar-refractivity contribution in [3.05, 3.63) is 23.4 Å². The van der Waals surface area contributed by atoms with Crippen molar-refractivity contribution in [1.82, 2.24) is 9.88 Å². The molecule has 20 heavy (non-hydrogen) atoms. The van der Waals surface area contributed by atoms with Gasteiger partial charge in [0.25, 0.3) is 5.91 Å². The zero-order chi connectivity index (χ0) is 14.5. The standard InChI is InChI=1S/C16H25N3O/c1-4-8-17-15-11-14(10-12(2)18-15)16(20)19-9-6-5-7-13(19)3/h10-11,13H,4-9H2,1-3H3,(H,17,18). The molecule has 0 aromatic carbocycles. The number of nitrogens with one attached hydrogen (secondary N) is 1. The average Bonchev–Trinajstić information content (AvgIpc) is 2.44. The minimum Gasteiger partial charge on any atom is -0.370 e. The van der Waals surface area contributed by atoms with Crippen molar-refractivity contribution in [2.75, 3.05) is 18.4 Å². The monoisotopic (exact) mass is 275 g/mol. The number of carbonyl (C=O) groups excluding carboxylic acids is 1. The van der Waals surface area contributed by atoms with Gasteiger partial charge in [-0.15, -0.1) is 0 Å². The molecule has 110 valence electrons. The number of rotatable bonds is 4. The molecule has 2 rings (SSSR count). The molecule has 4 heteroatoms. The summed E-state index contributed by atoms with van der Waals surface area (Å²) in [5.41, 5.74) is 1.64. The fourth-order valence-corrected chi connectivity index (χ4v) is 2.70. The molecule has 1 aromatic rings. The van der Waals surface area contributed by atoms with Gasteiger partial charge in [0.2, 0.25) is 0 Å². The highest BCUT2D eigenvalue weighted by molar-refractivity contribution is 5.95. The second-order valence-electron chi connectivity index (χ2n) is 5.65. The molecule has 1 unspecified atom stereocenters. The van der Waals surface area contributed by atoms with Crippen molar-refractivity contribution >= 4 is 11.7 Å². The van der Waals surface area contributed by atoms with Gasteiger partial charge in [-0.25, -0.2) is 4.98 Å². The van der Waals surface area contributed by atoms with E-state index in [0.29, 0.717) is 6.04 Å². The van der Waals surface area contributed by atoms with Gasteiger partial charge in [-0.1, -0.05) is 6.92 Å². The highest BCUT2D eigenvalue weighted by Crippen LogP contribution is 2.20. The number of aryl methyl sites for hydroxylation is 1. The van der Waals surface area contributed by atoms with Crippen molar-refractivity contribution in [2.45, 2.75) is 52.5 Å². The molecule has 1 fully saturated rings. The summed E-state index contributed by atoms with van der Waals surface area (Å²) < 4.78 is 0. The van der Waals surface area contributed by atoms with Crippen LogP contribution in [0.15, 0.2) is 12.1 Å². The van der Waals surface area contributed by atoms with Crippen LogP contribution >= 0.6 is 0 Å². The number of hydrogen-bond donors (Lipinski definition) is 1. The van der Waals surface area contributed by atoms with Gasteiger partial charge in [-0.05, 0) is 51.7 Å². The summed E-state index contributed by atoms with van der Waals surface area (Å²) in [4.78, 5) is 19.1. The Balaban J connectivity index is 2.18. The van der Waals surface area contributed by atoms with Gasteiger partial charge in [0.05, 0.1) is 0 Å². The minimum atomic E-state index is 0.141. The van der Waals surface area contributed by atoms with Crippen LogP contribution in [0.4, 0.5) is 5.82 Å². The Bertz CT molecular complexity index is 473. The van der Waals surface area contributed by atoms with Crippen LogP contribution in [-0.2, 0) is 0 Å². The Morgan fingerprint density at radius 1 is 1.45 bits per heavy atom. The zero-order valence-corrected chi connectivity index (χ0v) is 12.8. The SMILES string of the molecule is CCCNc1cc(C(=O)N2CCCCC2C)cc(C)n1. The number of carbonyl (C=O) groups is 1. The molecule has 2 heterocycles. The van der Waals surface area contributed by atoms with Crippen LogP contribution in [0.2, 0.25) is 0 Å². The van der Waals surface area contributed by atoms with E-state index in [-0.39, 0.29) is 5.91 Å². The summed E-state index contributed by atoms with van der Waals surface area (Å²) >= 11 is 0. The lowest BCUT2D eigenvalue weighted by Gasteiger charge is -2.33. The number of pyridine rings is 1. The number of likely N-dealkylation sites (tertiary alicyclic amines) is 1. The first-order valence-corrected chi connectivity index (χ1v) is 7.65. The van der Waals surface area contributed by atoms with E-state index in [4.69, 9.17) is 0 Å². The topological polar surface area (TPSA) is 45.2 Å². The van der Waals surface area contributed by atoms with Crippen molar-refractivity contribution in [2.24, 2.45) is 0 Å². The van der Waals surface area contributed by atoms with Crippen LogP contribution < -0.4 is 5.32 Å². The molecule has 0 radical (unpaired) electrons. The maximum atomic E-state index is 12.7. The van der Waals surface area contributed by atoms with Crippen molar-refractivity contribution in [1.29, 1.82) is 0 Å². The number of anilines is 1. The third kappa shape index (κ3) is 3.50. The molecule has 1 N–H and O–H groups in total. The first kappa shape index (κ1) is 14.8. The molecular formula is C16H25N3O. The molecule has 1 aromatic heterocycles. The normalized spacial score (nSPS) is 18.9. The van der Waals surface area contributed by atoms with E-state index in [0.717, 1.165) is 49.4 Å². The van der Waals surface area contributed by atoms with Crippen molar-refractivity contribution < 1.29 is 4.79 Å². The number of hydrogen-bond acceptors (Lipinski definition) is 3. The largest absolute Gasteiger partial charge is 0.370 e. The van der Waals surface area contributed by atoms with E-state index < -0.39 is 0 Å². The summed E-state index contributed by atoms with van der Waals surface area (Å²) in [6.45, 7) is 7.95. The van der Waals surface area contributed by atoms with Gasteiger partial charge in [0, 0.05) is 30.4 Å². The van der Waals surface area contributed by atoms with Gasteiger partial charge in [0.15, 0.2) is 0 Å². The van der Waals surface area contributed by atoms with Crippen LogP contribution in [-0.4, -0.2) is 34.9 Å². The average molecular weight is 275 g/mol. The van der Waals surface area contributed by atoms with E-state index >= 15 is 0 Å². The summed E-state index contributed by atoms with van der Waals surface area (Å²) in [6.07, 6.45) is 4.49. The Hall–Kier alpha value is -1.58. The summed E-state index contributed by atoms with van der Waals surface area (Å²) in [6, 6.07) is 4.12.